The molecule has 2 aromatic rings. The minimum absolute atomic E-state index is 0.0426. The molecule has 3 rings (SSSR count). The second-order valence-corrected chi connectivity index (χ2v) is 8.77. The van der Waals surface area contributed by atoms with Gasteiger partial charge in [0.1, 0.15) is 6.33 Å². The first-order valence-corrected chi connectivity index (χ1v) is 10.9. The molecule has 0 bridgehead atoms. The molecule has 1 aliphatic heterocycles. The van der Waals surface area contributed by atoms with Gasteiger partial charge in [-0.2, -0.15) is 13.2 Å². The molecule has 1 saturated heterocycles. The lowest BCUT2D eigenvalue weighted by atomic mass is 9.89. The average Bonchev–Trinajstić information content (AvgIpc) is 3.27. The Bertz CT molecular complexity index is 976. The van der Waals surface area contributed by atoms with E-state index in [0.717, 1.165) is 17.0 Å². The Morgan fingerprint density at radius 3 is 2.39 bits per heavy atom. The summed E-state index contributed by atoms with van der Waals surface area (Å²) in [6, 6.07) is 4.24. The van der Waals surface area contributed by atoms with Gasteiger partial charge in [0, 0.05) is 35.1 Å². The smallest absolute Gasteiger partial charge is 0.379 e. The summed E-state index contributed by atoms with van der Waals surface area (Å²) in [5, 5.41) is 2.77. The van der Waals surface area contributed by atoms with E-state index in [9.17, 15) is 27.2 Å². The summed E-state index contributed by atoms with van der Waals surface area (Å²) in [6.45, 7) is 2.05. The number of hydrogen-bond acceptors (Lipinski definition) is 6. The number of benzene rings is 1. The number of rotatable bonds is 7. The van der Waals surface area contributed by atoms with Crippen LogP contribution in [0.15, 0.2) is 47.9 Å². The van der Waals surface area contributed by atoms with E-state index in [1.807, 2.05) is 0 Å². The van der Waals surface area contributed by atoms with Gasteiger partial charge in [-0.1, -0.05) is 11.6 Å². The fourth-order valence-corrected chi connectivity index (χ4v) is 4.02. The van der Waals surface area contributed by atoms with Crippen molar-refractivity contribution in [1.29, 1.82) is 0 Å². The van der Waals surface area contributed by atoms with Gasteiger partial charge in [0.15, 0.2) is 5.54 Å². The van der Waals surface area contributed by atoms with Crippen LogP contribution in [-0.4, -0.2) is 52.2 Å². The topological polar surface area (TPSA) is 84.4 Å². The van der Waals surface area contributed by atoms with E-state index in [1.54, 1.807) is 0 Å². The fourth-order valence-electron chi connectivity index (χ4n) is 3.39. The highest BCUT2D eigenvalue weighted by Crippen LogP contribution is 2.39. The predicted octanol–water partition coefficient (Wildman–Crippen LogP) is 3.78. The molecule has 2 heterocycles. The van der Waals surface area contributed by atoms with Crippen LogP contribution in [0.4, 0.5) is 23.2 Å². The number of amides is 2. The quantitative estimate of drug-likeness (QED) is 0.349. The number of halogens is 5. The van der Waals surface area contributed by atoms with Crippen molar-refractivity contribution in [3.8, 4) is 0 Å². The van der Waals surface area contributed by atoms with Gasteiger partial charge < -0.3 is 10.1 Å². The third-order valence-electron chi connectivity index (χ3n) is 5.01. The second-order valence-electron chi connectivity index (χ2n) is 7.25. The molecule has 1 fully saturated rings. The van der Waals surface area contributed by atoms with Gasteiger partial charge in [-0.15, -0.1) is 0 Å². The van der Waals surface area contributed by atoms with Crippen LogP contribution in [0.5, 0.6) is 0 Å². The maximum atomic E-state index is 14.1. The number of thioether (sulfide) groups is 1. The van der Waals surface area contributed by atoms with Crippen molar-refractivity contribution in [2.24, 2.45) is 0 Å². The maximum Gasteiger partial charge on any atom is 0.446 e. The Balaban J connectivity index is 2.08. The molecule has 1 aromatic heterocycles. The minimum Gasteiger partial charge on any atom is -0.379 e. The first kappa shape index (κ1) is 25.2. The van der Waals surface area contributed by atoms with E-state index < -0.39 is 28.5 Å². The Kier molecular flexibility index (Phi) is 7.80. The molecule has 7 nitrogen and oxygen atoms in total. The summed E-state index contributed by atoms with van der Waals surface area (Å²) < 4.78 is 57.4. The molecule has 1 aliphatic rings. The molecular formula is C20H19ClF4N4O3S. The summed E-state index contributed by atoms with van der Waals surface area (Å²) in [5.74, 6) is -1.97. The van der Waals surface area contributed by atoms with Crippen molar-refractivity contribution in [1.82, 2.24) is 15.3 Å². The lowest BCUT2D eigenvalue weighted by molar-refractivity contribution is -0.131. The molecule has 1 aromatic carbocycles. The van der Waals surface area contributed by atoms with Crippen LogP contribution in [0.3, 0.4) is 0 Å². The first-order chi connectivity index (χ1) is 15.5. The number of hydrogen-bond donors (Lipinski definition) is 1. The highest BCUT2D eigenvalue weighted by atomic mass is 35.5. The van der Waals surface area contributed by atoms with Gasteiger partial charge in [-0.05, 0) is 49.4 Å². The normalized spacial score (nSPS) is 18.9. The molecule has 0 radical (unpaired) electrons. The van der Waals surface area contributed by atoms with Crippen LogP contribution in [0.1, 0.15) is 18.9 Å². The minimum atomic E-state index is -4.52. The maximum absolute atomic E-state index is 14.1. The number of alkyl halides is 5. The Hall–Kier alpha value is -2.44. The molecule has 0 aliphatic carbocycles. The number of carbonyl (C=O) groups is 2. The molecule has 0 unspecified atom stereocenters. The lowest BCUT2D eigenvalue weighted by Crippen LogP contribution is -2.60. The third-order valence-corrected chi connectivity index (χ3v) is 5.94. The van der Waals surface area contributed by atoms with E-state index in [1.165, 1.54) is 37.8 Å². The van der Waals surface area contributed by atoms with E-state index in [-0.39, 0.29) is 40.6 Å². The summed E-state index contributed by atoms with van der Waals surface area (Å²) in [5.41, 5.74) is -8.84. The van der Waals surface area contributed by atoms with Gasteiger partial charge in [0.05, 0.1) is 12.6 Å². The number of nitrogens with one attached hydrogen (secondary N) is 1. The number of aromatic nitrogens is 2. The number of carbonyl (C=O) groups excluding carboxylic acids is 2. The highest BCUT2D eigenvalue weighted by molar-refractivity contribution is 8.00. The van der Waals surface area contributed by atoms with Crippen molar-refractivity contribution in [2.75, 3.05) is 18.1 Å². The number of ether oxygens (including phenoxy) is 1. The SMILES string of the molecule is C[C@@](C(=O)N[C@H]1CCOC1)(c1cncnc1)N(C(=O)[C@H](F)Cl)c1ccc(SC(F)(F)F)cc1. The molecule has 178 valence electrons. The summed E-state index contributed by atoms with van der Waals surface area (Å²) in [7, 11) is 0. The molecule has 0 spiro atoms. The van der Waals surface area contributed by atoms with Crippen LogP contribution < -0.4 is 10.2 Å². The summed E-state index contributed by atoms with van der Waals surface area (Å²) >= 11 is 5.12. The average molecular weight is 507 g/mol. The zero-order valence-electron chi connectivity index (χ0n) is 17.2. The zero-order chi connectivity index (χ0) is 24.2. The highest BCUT2D eigenvalue weighted by Gasteiger charge is 2.47. The van der Waals surface area contributed by atoms with Crippen molar-refractivity contribution in [3.63, 3.8) is 0 Å². The van der Waals surface area contributed by atoms with Crippen LogP contribution in [0.25, 0.3) is 0 Å². The van der Waals surface area contributed by atoms with Gasteiger partial charge in [0.2, 0.25) is 0 Å². The largest absolute Gasteiger partial charge is 0.446 e. The van der Waals surface area contributed by atoms with Gasteiger partial charge in [-0.3, -0.25) is 14.5 Å². The van der Waals surface area contributed by atoms with Gasteiger partial charge in [0.25, 0.3) is 17.4 Å². The van der Waals surface area contributed by atoms with E-state index >= 15 is 0 Å². The molecule has 3 atom stereocenters. The molecule has 13 heteroatoms. The Morgan fingerprint density at radius 2 is 1.88 bits per heavy atom. The molecule has 0 saturated carbocycles. The van der Waals surface area contributed by atoms with Crippen LogP contribution in [-0.2, 0) is 19.9 Å². The second kappa shape index (κ2) is 10.2. The lowest BCUT2D eigenvalue weighted by Gasteiger charge is -2.40. The van der Waals surface area contributed by atoms with Crippen molar-refractivity contribution in [2.45, 2.75) is 41.0 Å². The van der Waals surface area contributed by atoms with E-state index in [0.29, 0.717) is 13.0 Å². The molecule has 2 amide bonds. The number of anilines is 1. The van der Waals surface area contributed by atoms with Crippen molar-refractivity contribution in [3.05, 3.63) is 48.5 Å². The van der Waals surface area contributed by atoms with Crippen LogP contribution in [0.2, 0.25) is 0 Å². The van der Waals surface area contributed by atoms with Crippen LogP contribution in [0, 0.1) is 0 Å². The molecule has 33 heavy (non-hydrogen) atoms. The first-order valence-electron chi connectivity index (χ1n) is 9.64. The third kappa shape index (κ3) is 5.92. The van der Waals surface area contributed by atoms with Gasteiger partial charge >= 0.3 is 5.51 Å². The summed E-state index contributed by atoms with van der Waals surface area (Å²) in [6.07, 6.45) is 4.31. The standard InChI is InChI=1S/C20H19ClF4N4O3S/c1-19(12-8-26-11-27-9-12,18(31)28-13-6-7-32-10-13)29(17(30)16(21)22)14-2-4-15(5-3-14)33-20(23,24)25/h2-5,8-9,11,13,16H,6-7,10H2,1H3,(H,28,31)/t13-,16-,19-/m0/s1. The van der Waals surface area contributed by atoms with Gasteiger partial charge in [-0.25, -0.2) is 14.4 Å². The van der Waals surface area contributed by atoms with Crippen LogP contribution >= 0.6 is 23.4 Å². The summed E-state index contributed by atoms with van der Waals surface area (Å²) in [4.78, 5) is 34.8. The number of nitrogens with zero attached hydrogens (tertiary/aromatic N) is 3. The Morgan fingerprint density at radius 1 is 1.24 bits per heavy atom. The predicted molar refractivity (Wildman–Crippen MR) is 113 cm³/mol. The van der Waals surface area contributed by atoms with Crippen molar-refractivity contribution < 1.29 is 31.9 Å². The van der Waals surface area contributed by atoms with Crippen molar-refractivity contribution >= 4 is 40.9 Å². The zero-order valence-corrected chi connectivity index (χ0v) is 18.8. The fraction of sp³-hybridized carbons (Fsp3) is 0.400. The van der Waals surface area contributed by atoms with E-state index in [2.05, 4.69) is 15.3 Å². The monoisotopic (exact) mass is 506 g/mol. The van der Waals surface area contributed by atoms with E-state index in [4.69, 9.17) is 16.3 Å². The molecular weight excluding hydrogens is 488 g/mol. The Labute approximate surface area is 195 Å². The molecule has 1 N–H and O–H groups in total.